The molecular formula is C20H21ClNO3+. The maximum Gasteiger partial charge on any atom is 0.336 e. The Morgan fingerprint density at radius 2 is 1.92 bits per heavy atom. The number of halogens is 1. The minimum Gasteiger partial charge on any atom is -0.508 e. The van der Waals surface area contributed by atoms with E-state index in [-0.39, 0.29) is 5.75 Å². The van der Waals surface area contributed by atoms with Crippen LogP contribution >= 0.6 is 11.6 Å². The lowest BCUT2D eigenvalue weighted by molar-refractivity contribution is -0.907. The van der Waals surface area contributed by atoms with E-state index >= 15 is 0 Å². The highest BCUT2D eigenvalue weighted by atomic mass is 35.5. The Kier molecular flexibility index (Phi) is 5.11. The van der Waals surface area contributed by atoms with Gasteiger partial charge >= 0.3 is 5.63 Å². The van der Waals surface area contributed by atoms with E-state index in [1.54, 1.807) is 6.07 Å². The highest BCUT2D eigenvalue weighted by Crippen LogP contribution is 2.26. The highest BCUT2D eigenvalue weighted by molar-refractivity contribution is 6.30. The van der Waals surface area contributed by atoms with Gasteiger partial charge in [-0.2, -0.15) is 0 Å². The van der Waals surface area contributed by atoms with Crippen LogP contribution in [0.2, 0.25) is 5.02 Å². The number of nitrogens with one attached hydrogen (secondary N) is 1. The molecule has 0 radical (unpaired) electrons. The summed E-state index contributed by atoms with van der Waals surface area (Å²) in [5.41, 5.74) is 2.93. The monoisotopic (exact) mass is 358 g/mol. The quantitative estimate of drug-likeness (QED) is 0.689. The van der Waals surface area contributed by atoms with Crippen LogP contribution in [0.25, 0.3) is 11.0 Å². The maximum atomic E-state index is 11.9. The van der Waals surface area contributed by atoms with Crippen LogP contribution < -0.4 is 10.5 Å². The largest absolute Gasteiger partial charge is 0.508 e. The molecule has 1 heterocycles. The first-order valence-electron chi connectivity index (χ1n) is 8.30. The molecule has 0 spiro atoms. The van der Waals surface area contributed by atoms with Gasteiger partial charge in [0.2, 0.25) is 0 Å². The lowest BCUT2D eigenvalue weighted by Crippen LogP contribution is -3.06. The summed E-state index contributed by atoms with van der Waals surface area (Å²) in [6.07, 6.45) is 0.714. The molecule has 0 amide bonds. The van der Waals surface area contributed by atoms with Crippen LogP contribution in [0.1, 0.15) is 23.6 Å². The molecule has 0 aliphatic heterocycles. The van der Waals surface area contributed by atoms with Gasteiger partial charge in [0.1, 0.15) is 24.4 Å². The number of phenols is 1. The smallest absolute Gasteiger partial charge is 0.336 e. The van der Waals surface area contributed by atoms with Gasteiger partial charge in [-0.25, -0.2) is 4.79 Å². The summed E-state index contributed by atoms with van der Waals surface area (Å²) < 4.78 is 5.26. The lowest BCUT2D eigenvalue weighted by Gasteiger charge is -2.16. The average molecular weight is 359 g/mol. The van der Waals surface area contributed by atoms with Crippen LogP contribution in [-0.2, 0) is 19.5 Å². The standard InChI is InChI=1S/C20H20ClNO3/c1-3-14-8-17-15(9-20(24)25-19(17)10-18(14)23)12-22(2)11-13-5-4-6-16(21)7-13/h4-10,23H,3,11-12H2,1-2H3/p+1. The zero-order chi connectivity index (χ0) is 18.0. The second-order valence-electron chi connectivity index (χ2n) is 6.36. The van der Waals surface area contributed by atoms with Crippen molar-refractivity contribution in [2.45, 2.75) is 26.4 Å². The lowest BCUT2D eigenvalue weighted by atomic mass is 10.0. The van der Waals surface area contributed by atoms with Crippen molar-refractivity contribution in [3.8, 4) is 5.75 Å². The molecule has 1 aromatic heterocycles. The molecule has 1 unspecified atom stereocenters. The summed E-state index contributed by atoms with van der Waals surface area (Å²) in [7, 11) is 2.07. The first-order chi connectivity index (χ1) is 12.0. The fourth-order valence-corrected chi connectivity index (χ4v) is 3.33. The summed E-state index contributed by atoms with van der Waals surface area (Å²) >= 11 is 6.05. The molecule has 0 saturated heterocycles. The molecular weight excluding hydrogens is 338 g/mol. The SMILES string of the molecule is CCc1cc2c(C[NH+](C)Cc3cccc(Cl)c3)cc(=O)oc2cc1O. The van der Waals surface area contributed by atoms with Crippen molar-refractivity contribution >= 4 is 22.6 Å². The van der Waals surface area contributed by atoms with Gasteiger partial charge in [0.15, 0.2) is 0 Å². The molecule has 130 valence electrons. The van der Waals surface area contributed by atoms with Gasteiger partial charge in [0.25, 0.3) is 0 Å². The molecule has 2 aromatic carbocycles. The molecule has 2 N–H and O–H groups in total. The zero-order valence-electron chi connectivity index (χ0n) is 14.3. The molecule has 3 rings (SSSR count). The predicted octanol–water partition coefficient (Wildman–Crippen LogP) is 2.93. The minimum absolute atomic E-state index is 0.162. The third-order valence-corrected chi connectivity index (χ3v) is 4.53. The topological polar surface area (TPSA) is 54.9 Å². The van der Waals surface area contributed by atoms with E-state index < -0.39 is 5.63 Å². The molecule has 5 heteroatoms. The van der Waals surface area contributed by atoms with Gasteiger partial charge in [-0.1, -0.05) is 30.7 Å². The maximum absolute atomic E-state index is 11.9. The van der Waals surface area contributed by atoms with Gasteiger partial charge in [-0.3, -0.25) is 0 Å². The Bertz CT molecular complexity index is 965. The molecule has 4 nitrogen and oxygen atoms in total. The first kappa shape index (κ1) is 17.5. The summed E-state index contributed by atoms with van der Waals surface area (Å²) in [6.45, 7) is 3.44. The van der Waals surface area contributed by atoms with Crippen molar-refractivity contribution in [3.63, 3.8) is 0 Å². The van der Waals surface area contributed by atoms with Crippen molar-refractivity contribution in [2.24, 2.45) is 0 Å². The second-order valence-corrected chi connectivity index (χ2v) is 6.80. The van der Waals surface area contributed by atoms with E-state index in [2.05, 4.69) is 7.05 Å². The Balaban J connectivity index is 1.93. The van der Waals surface area contributed by atoms with Gasteiger partial charge in [-0.05, 0) is 30.2 Å². The Labute approximate surface area is 151 Å². The Morgan fingerprint density at radius 3 is 2.64 bits per heavy atom. The highest BCUT2D eigenvalue weighted by Gasteiger charge is 2.14. The van der Waals surface area contributed by atoms with Crippen molar-refractivity contribution in [1.82, 2.24) is 0 Å². The Hall–Kier alpha value is -2.30. The van der Waals surface area contributed by atoms with Crippen LogP contribution in [0.15, 0.2) is 51.7 Å². The summed E-state index contributed by atoms with van der Waals surface area (Å²) in [6, 6.07) is 12.8. The number of quaternary nitrogens is 1. The zero-order valence-corrected chi connectivity index (χ0v) is 15.1. The molecule has 0 saturated carbocycles. The van der Waals surface area contributed by atoms with Crippen molar-refractivity contribution in [2.75, 3.05) is 7.05 Å². The van der Waals surface area contributed by atoms with Gasteiger partial charge in [0.05, 0.1) is 7.05 Å². The van der Waals surface area contributed by atoms with Crippen LogP contribution in [0.4, 0.5) is 0 Å². The van der Waals surface area contributed by atoms with E-state index in [1.807, 2.05) is 37.3 Å². The van der Waals surface area contributed by atoms with Gasteiger partial charge in [0, 0.05) is 33.7 Å². The van der Waals surface area contributed by atoms with Gasteiger partial charge < -0.3 is 14.4 Å². The number of benzene rings is 2. The number of hydrogen-bond acceptors (Lipinski definition) is 3. The molecule has 0 aliphatic carbocycles. The first-order valence-corrected chi connectivity index (χ1v) is 8.68. The van der Waals surface area contributed by atoms with Crippen LogP contribution in [-0.4, -0.2) is 12.2 Å². The predicted molar refractivity (Wildman–Crippen MR) is 99.3 cm³/mol. The summed E-state index contributed by atoms with van der Waals surface area (Å²) in [5.74, 6) is 0.162. The van der Waals surface area contributed by atoms with E-state index in [0.29, 0.717) is 18.5 Å². The molecule has 25 heavy (non-hydrogen) atoms. The van der Waals surface area contributed by atoms with Crippen LogP contribution in [0.5, 0.6) is 5.75 Å². The normalized spacial score (nSPS) is 12.4. The van der Waals surface area contributed by atoms with Crippen LogP contribution in [0.3, 0.4) is 0 Å². The van der Waals surface area contributed by atoms with E-state index in [9.17, 15) is 9.90 Å². The number of fused-ring (bicyclic) bond motifs is 1. The minimum atomic E-state index is -0.401. The number of rotatable bonds is 5. The molecule has 0 fully saturated rings. The molecule has 1 atom stereocenters. The summed E-state index contributed by atoms with van der Waals surface area (Å²) in [4.78, 5) is 13.1. The number of phenolic OH excluding ortho intramolecular Hbond substituents is 1. The molecule has 3 aromatic rings. The summed E-state index contributed by atoms with van der Waals surface area (Å²) in [5, 5.41) is 11.6. The fourth-order valence-electron chi connectivity index (χ4n) is 3.12. The third-order valence-electron chi connectivity index (χ3n) is 4.30. The average Bonchev–Trinajstić information content (AvgIpc) is 2.54. The van der Waals surface area contributed by atoms with E-state index in [0.717, 1.165) is 33.6 Å². The van der Waals surface area contributed by atoms with Gasteiger partial charge in [-0.15, -0.1) is 0 Å². The fraction of sp³-hybridized carbons (Fsp3) is 0.250. The van der Waals surface area contributed by atoms with Crippen molar-refractivity contribution in [1.29, 1.82) is 0 Å². The number of aryl methyl sites for hydroxylation is 1. The van der Waals surface area contributed by atoms with E-state index in [4.69, 9.17) is 16.0 Å². The molecule has 0 aliphatic rings. The second kappa shape index (κ2) is 7.30. The van der Waals surface area contributed by atoms with Crippen molar-refractivity contribution < 1.29 is 14.4 Å². The Morgan fingerprint density at radius 1 is 1.12 bits per heavy atom. The number of aromatic hydroxyl groups is 1. The third kappa shape index (κ3) is 4.03. The number of hydrogen-bond donors (Lipinski definition) is 2. The molecule has 0 bridgehead atoms. The van der Waals surface area contributed by atoms with Crippen molar-refractivity contribution in [3.05, 3.63) is 74.6 Å². The van der Waals surface area contributed by atoms with Crippen LogP contribution in [0, 0.1) is 0 Å². The van der Waals surface area contributed by atoms with E-state index in [1.165, 1.54) is 11.0 Å².